The van der Waals surface area contributed by atoms with Gasteiger partial charge < -0.3 is 15.1 Å². The van der Waals surface area contributed by atoms with Crippen LogP contribution in [0.15, 0.2) is 28.8 Å². The number of aryl methyl sites for hydroxylation is 1. The van der Waals surface area contributed by atoms with E-state index in [2.05, 4.69) is 22.5 Å². The van der Waals surface area contributed by atoms with Gasteiger partial charge in [0.2, 0.25) is 5.91 Å². The van der Waals surface area contributed by atoms with Gasteiger partial charge in [0.25, 0.3) is 0 Å². The number of amides is 1. The third-order valence-electron chi connectivity index (χ3n) is 4.42. The highest BCUT2D eigenvalue weighted by molar-refractivity contribution is 5.76. The van der Waals surface area contributed by atoms with Crippen molar-refractivity contribution in [2.45, 2.75) is 44.7 Å². The normalized spacial score (nSPS) is 20.4. The highest BCUT2D eigenvalue weighted by Gasteiger charge is 2.22. The number of nitrogens with zero attached hydrogens (tertiary/aromatic N) is 1. The van der Waals surface area contributed by atoms with Gasteiger partial charge in [0.1, 0.15) is 11.6 Å². The van der Waals surface area contributed by atoms with Crippen LogP contribution in [0.25, 0.3) is 11.3 Å². The van der Waals surface area contributed by atoms with Crippen LogP contribution in [0.2, 0.25) is 0 Å². The molecular weight excluding hydrogens is 328 g/mol. The number of piperidine rings is 1. The molecule has 0 bridgehead atoms. The molecule has 0 radical (unpaired) electrons. The molecule has 2 unspecified atom stereocenters. The van der Waals surface area contributed by atoms with E-state index in [1.807, 2.05) is 0 Å². The molecule has 1 aliphatic heterocycles. The highest BCUT2D eigenvalue weighted by Crippen LogP contribution is 2.24. The zero-order chi connectivity index (χ0) is 17.8. The van der Waals surface area contributed by atoms with Gasteiger partial charge in [0.05, 0.1) is 11.8 Å². The van der Waals surface area contributed by atoms with Crippen molar-refractivity contribution in [1.82, 2.24) is 15.6 Å². The largest absolute Gasteiger partial charge is 0.441 e. The van der Waals surface area contributed by atoms with Gasteiger partial charge >= 0.3 is 0 Å². The molecule has 2 heterocycles. The number of carbonyl (C=O) groups is 1. The Kier molecular flexibility index (Phi) is 5.43. The first-order valence-electron chi connectivity index (χ1n) is 8.46. The molecule has 5 nitrogen and oxygen atoms in total. The summed E-state index contributed by atoms with van der Waals surface area (Å²) < 4.78 is 32.2. The van der Waals surface area contributed by atoms with Crippen LogP contribution in [0.3, 0.4) is 0 Å². The van der Waals surface area contributed by atoms with E-state index in [0.717, 1.165) is 31.5 Å². The summed E-state index contributed by atoms with van der Waals surface area (Å²) in [5.41, 5.74) is 0.145. The molecule has 0 aliphatic carbocycles. The van der Waals surface area contributed by atoms with Crippen molar-refractivity contribution in [1.29, 1.82) is 0 Å². The first-order valence-corrected chi connectivity index (χ1v) is 8.46. The van der Waals surface area contributed by atoms with E-state index in [4.69, 9.17) is 4.42 Å². The fourth-order valence-corrected chi connectivity index (χ4v) is 2.98. The predicted molar refractivity (Wildman–Crippen MR) is 88.8 cm³/mol. The second kappa shape index (κ2) is 7.74. The average molecular weight is 349 g/mol. The van der Waals surface area contributed by atoms with Gasteiger partial charge in [-0.1, -0.05) is 0 Å². The molecule has 7 heteroatoms. The number of hydrogen-bond acceptors (Lipinski definition) is 4. The molecule has 0 saturated carbocycles. The van der Waals surface area contributed by atoms with Crippen LogP contribution in [0.5, 0.6) is 0 Å². The Balaban J connectivity index is 1.55. The number of hydrogen-bond donors (Lipinski definition) is 2. The lowest BCUT2D eigenvalue weighted by atomic mass is 10.00. The molecule has 134 valence electrons. The molecular formula is C18H21F2N3O2. The minimum atomic E-state index is -0.709. The number of carbonyl (C=O) groups excluding carboxylic acids is 1. The molecule has 0 spiro atoms. The van der Waals surface area contributed by atoms with Gasteiger partial charge in [-0.25, -0.2) is 13.8 Å². The average Bonchev–Trinajstić information content (AvgIpc) is 3.04. The number of halogens is 2. The minimum Gasteiger partial charge on any atom is -0.441 e. The number of nitrogens with one attached hydrogen (secondary N) is 2. The van der Waals surface area contributed by atoms with E-state index in [-0.39, 0.29) is 35.7 Å². The van der Waals surface area contributed by atoms with Crippen LogP contribution in [0, 0.1) is 11.6 Å². The fourth-order valence-electron chi connectivity index (χ4n) is 2.98. The summed E-state index contributed by atoms with van der Waals surface area (Å²) in [4.78, 5) is 16.2. The Hall–Kier alpha value is -2.28. The third kappa shape index (κ3) is 4.42. The Morgan fingerprint density at radius 1 is 1.44 bits per heavy atom. The van der Waals surface area contributed by atoms with Gasteiger partial charge in [0.15, 0.2) is 11.7 Å². The molecule has 25 heavy (non-hydrogen) atoms. The van der Waals surface area contributed by atoms with Crippen LogP contribution < -0.4 is 10.6 Å². The Morgan fingerprint density at radius 2 is 2.28 bits per heavy atom. The van der Waals surface area contributed by atoms with E-state index < -0.39 is 11.6 Å². The summed E-state index contributed by atoms with van der Waals surface area (Å²) in [6.45, 7) is 3.04. The van der Waals surface area contributed by atoms with Crippen molar-refractivity contribution >= 4 is 5.91 Å². The van der Waals surface area contributed by atoms with E-state index in [1.54, 1.807) is 0 Å². The van der Waals surface area contributed by atoms with Crippen LogP contribution in [-0.2, 0) is 11.2 Å². The zero-order valence-electron chi connectivity index (χ0n) is 14.0. The summed E-state index contributed by atoms with van der Waals surface area (Å²) >= 11 is 0. The lowest BCUT2D eigenvalue weighted by Gasteiger charge is -2.30. The summed E-state index contributed by atoms with van der Waals surface area (Å²) in [6.07, 6.45) is 3.96. The molecule has 1 aromatic carbocycles. The van der Waals surface area contributed by atoms with Crippen molar-refractivity contribution in [3.63, 3.8) is 0 Å². The van der Waals surface area contributed by atoms with E-state index in [0.29, 0.717) is 12.3 Å². The zero-order valence-corrected chi connectivity index (χ0v) is 14.0. The molecule has 2 N–H and O–H groups in total. The number of benzene rings is 1. The molecule has 1 amide bonds. The fraction of sp³-hybridized carbons (Fsp3) is 0.444. The van der Waals surface area contributed by atoms with E-state index in [9.17, 15) is 13.6 Å². The second-order valence-electron chi connectivity index (χ2n) is 6.30. The number of aromatic nitrogens is 1. The van der Waals surface area contributed by atoms with Crippen molar-refractivity contribution in [3.8, 4) is 11.3 Å². The summed E-state index contributed by atoms with van der Waals surface area (Å²) in [6, 6.07) is 3.65. The van der Waals surface area contributed by atoms with E-state index in [1.165, 1.54) is 12.3 Å². The second-order valence-corrected chi connectivity index (χ2v) is 6.30. The molecule has 1 aliphatic rings. The van der Waals surface area contributed by atoms with Crippen LogP contribution >= 0.6 is 0 Å². The molecule has 2 atom stereocenters. The van der Waals surface area contributed by atoms with Crippen molar-refractivity contribution < 1.29 is 18.0 Å². The van der Waals surface area contributed by atoms with Crippen molar-refractivity contribution in [2.75, 3.05) is 6.54 Å². The maximum Gasteiger partial charge on any atom is 0.220 e. The molecule has 3 rings (SSSR count). The van der Waals surface area contributed by atoms with Gasteiger partial charge in [0, 0.05) is 31.0 Å². The number of rotatable bonds is 5. The topological polar surface area (TPSA) is 67.2 Å². The maximum absolute atomic E-state index is 13.8. The van der Waals surface area contributed by atoms with Gasteiger partial charge in [-0.15, -0.1) is 0 Å². The van der Waals surface area contributed by atoms with Gasteiger partial charge in [-0.05, 0) is 38.4 Å². The maximum atomic E-state index is 13.8. The molecule has 1 aromatic heterocycles. The summed E-state index contributed by atoms with van der Waals surface area (Å²) in [5, 5.41) is 6.35. The Bertz CT molecular complexity index is 748. The minimum absolute atomic E-state index is 0.0618. The van der Waals surface area contributed by atoms with Crippen LogP contribution in [0.4, 0.5) is 8.78 Å². The quantitative estimate of drug-likeness (QED) is 0.871. The van der Waals surface area contributed by atoms with Gasteiger partial charge in [-0.2, -0.15) is 0 Å². The highest BCUT2D eigenvalue weighted by atomic mass is 19.1. The smallest absolute Gasteiger partial charge is 0.220 e. The summed E-state index contributed by atoms with van der Waals surface area (Å²) in [7, 11) is 0. The van der Waals surface area contributed by atoms with E-state index >= 15 is 0 Å². The van der Waals surface area contributed by atoms with Crippen LogP contribution in [0.1, 0.15) is 32.1 Å². The molecule has 1 saturated heterocycles. The number of oxazole rings is 1. The van der Waals surface area contributed by atoms with Crippen molar-refractivity contribution in [2.24, 2.45) is 0 Å². The SMILES string of the molecule is CC1NCCCC1NC(=O)CCc1ncc(-c2ccc(F)cc2F)o1. The monoisotopic (exact) mass is 349 g/mol. The van der Waals surface area contributed by atoms with Crippen LogP contribution in [-0.4, -0.2) is 29.5 Å². The predicted octanol–water partition coefficient (Wildman–Crippen LogP) is 2.81. The molecule has 2 aromatic rings. The first-order chi connectivity index (χ1) is 12.0. The third-order valence-corrected chi connectivity index (χ3v) is 4.42. The van der Waals surface area contributed by atoms with Crippen molar-refractivity contribution in [3.05, 3.63) is 41.9 Å². The standard InChI is InChI=1S/C18H21F2N3O2/c1-11-15(3-2-8-21-11)23-17(24)6-7-18-22-10-16(25-18)13-5-4-12(19)9-14(13)20/h4-5,9-11,15,21H,2-3,6-8H2,1H3,(H,23,24). The van der Waals surface area contributed by atoms with Gasteiger partial charge in [-0.3, -0.25) is 4.79 Å². The lowest BCUT2D eigenvalue weighted by Crippen LogP contribution is -2.51. The first kappa shape index (κ1) is 17.5. The molecule has 1 fully saturated rings. The summed E-state index contributed by atoms with van der Waals surface area (Å²) in [5.74, 6) is -0.849. The Morgan fingerprint density at radius 3 is 3.04 bits per heavy atom. The Labute approximate surface area is 144 Å². The lowest BCUT2D eigenvalue weighted by molar-refractivity contribution is -0.122.